The number of carbonyl (C=O) groups excluding carboxylic acids is 1. The first-order chi connectivity index (χ1) is 9.02. The second-order valence-electron chi connectivity index (χ2n) is 5.48. The number of hydrogen-bond acceptors (Lipinski definition) is 3. The topological polar surface area (TPSA) is 52.6 Å². The lowest BCUT2D eigenvalue weighted by atomic mass is 9.89. The number of nitrogens with one attached hydrogen (secondary N) is 1. The van der Waals surface area contributed by atoms with Gasteiger partial charge in [-0.1, -0.05) is 31.5 Å². The average molecular weight is 262 g/mol. The van der Waals surface area contributed by atoms with E-state index in [1.807, 2.05) is 36.1 Å². The lowest BCUT2D eigenvalue weighted by molar-refractivity contribution is -0.129. The van der Waals surface area contributed by atoms with Gasteiger partial charge in [0.15, 0.2) is 0 Å². The van der Waals surface area contributed by atoms with E-state index in [0.717, 1.165) is 24.1 Å². The predicted molar refractivity (Wildman–Crippen MR) is 76.1 cm³/mol. The Hall–Kier alpha value is -1.39. The summed E-state index contributed by atoms with van der Waals surface area (Å²) in [5.41, 5.74) is 1.34. The van der Waals surface area contributed by atoms with Crippen LogP contribution in [0.3, 0.4) is 0 Å². The Kier molecular flexibility index (Phi) is 4.22. The third kappa shape index (κ3) is 3.55. The van der Waals surface area contributed by atoms with E-state index >= 15 is 0 Å². The molecule has 104 valence electrons. The number of para-hydroxylation sites is 1. The maximum absolute atomic E-state index is 11.9. The fraction of sp³-hybridized carbons (Fsp3) is 0.533. The molecule has 0 atom stereocenters. The van der Waals surface area contributed by atoms with E-state index in [1.165, 1.54) is 0 Å². The van der Waals surface area contributed by atoms with Gasteiger partial charge in [-0.05, 0) is 25.0 Å². The summed E-state index contributed by atoms with van der Waals surface area (Å²) in [6.45, 7) is 5.58. The molecule has 19 heavy (non-hydrogen) atoms. The molecule has 4 nitrogen and oxygen atoms in total. The molecule has 0 saturated carbocycles. The van der Waals surface area contributed by atoms with Crippen molar-refractivity contribution in [1.29, 1.82) is 0 Å². The number of anilines is 1. The summed E-state index contributed by atoms with van der Waals surface area (Å²) >= 11 is 0. The van der Waals surface area contributed by atoms with Crippen LogP contribution in [-0.2, 0) is 4.79 Å². The highest BCUT2D eigenvalue weighted by atomic mass is 16.3. The van der Waals surface area contributed by atoms with E-state index in [2.05, 4.69) is 12.2 Å². The van der Waals surface area contributed by atoms with Crippen molar-refractivity contribution < 1.29 is 9.90 Å². The summed E-state index contributed by atoms with van der Waals surface area (Å²) in [6.07, 6.45) is 1.78. The maximum atomic E-state index is 11.9. The molecule has 4 heteroatoms. The monoisotopic (exact) mass is 262 g/mol. The van der Waals surface area contributed by atoms with Gasteiger partial charge in [-0.3, -0.25) is 9.69 Å². The molecular formula is C15H22N2O2. The second kappa shape index (κ2) is 5.72. The van der Waals surface area contributed by atoms with Crippen LogP contribution in [0.5, 0.6) is 0 Å². The van der Waals surface area contributed by atoms with E-state index in [-0.39, 0.29) is 5.91 Å². The van der Waals surface area contributed by atoms with Gasteiger partial charge in [0.25, 0.3) is 0 Å². The first-order valence-electron chi connectivity index (χ1n) is 6.83. The minimum Gasteiger partial charge on any atom is -0.387 e. The van der Waals surface area contributed by atoms with Crippen LogP contribution in [0.2, 0.25) is 0 Å². The van der Waals surface area contributed by atoms with Gasteiger partial charge in [0.05, 0.1) is 12.1 Å². The summed E-state index contributed by atoms with van der Waals surface area (Å²) in [5, 5.41) is 13.0. The van der Waals surface area contributed by atoms with Crippen LogP contribution in [0, 0.1) is 6.92 Å². The molecule has 1 aromatic carbocycles. The summed E-state index contributed by atoms with van der Waals surface area (Å²) in [7, 11) is 0. The van der Waals surface area contributed by atoms with Gasteiger partial charge in [-0.25, -0.2) is 0 Å². The molecule has 1 aromatic rings. The van der Waals surface area contributed by atoms with Crippen molar-refractivity contribution in [2.75, 3.05) is 25.0 Å². The molecule has 0 spiro atoms. The van der Waals surface area contributed by atoms with Crippen molar-refractivity contribution in [3.8, 4) is 0 Å². The van der Waals surface area contributed by atoms with Gasteiger partial charge in [0.1, 0.15) is 0 Å². The van der Waals surface area contributed by atoms with Crippen molar-refractivity contribution in [2.45, 2.75) is 32.3 Å². The van der Waals surface area contributed by atoms with Crippen LogP contribution in [0.25, 0.3) is 0 Å². The van der Waals surface area contributed by atoms with Crippen molar-refractivity contribution >= 4 is 11.6 Å². The molecule has 0 aliphatic carbocycles. The molecule has 2 rings (SSSR count). The summed E-state index contributed by atoms with van der Waals surface area (Å²) in [6, 6.07) is 7.73. The number of benzene rings is 1. The number of aliphatic hydroxyl groups is 1. The minimum absolute atomic E-state index is 0.0205. The van der Waals surface area contributed by atoms with E-state index in [9.17, 15) is 9.90 Å². The molecule has 1 aliphatic rings. The Bertz CT molecular complexity index is 453. The van der Waals surface area contributed by atoms with Gasteiger partial charge in [0.2, 0.25) is 5.91 Å². The molecular weight excluding hydrogens is 240 g/mol. The Morgan fingerprint density at radius 3 is 2.74 bits per heavy atom. The van der Waals surface area contributed by atoms with Gasteiger partial charge < -0.3 is 10.4 Å². The summed E-state index contributed by atoms with van der Waals surface area (Å²) < 4.78 is 0. The number of likely N-dealkylation sites (tertiary alicyclic amines) is 1. The molecule has 0 radical (unpaired) electrons. The molecule has 1 fully saturated rings. The fourth-order valence-corrected chi connectivity index (χ4v) is 2.63. The Balaban J connectivity index is 1.79. The lowest BCUT2D eigenvalue weighted by Crippen LogP contribution is -2.62. The number of aryl methyl sites for hydroxylation is 1. The molecule has 1 saturated heterocycles. The lowest BCUT2D eigenvalue weighted by Gasteiger charge is -2.46. The van der Waals surface area contributed by atoms with Crippen LogP contribution < -0.4 is 5.32 Å². The van der Waals surface area contributed by atoms with Crippen molar-refractivity contribution in [1.82, 2.24) is 4.90 Å². The van der Waals surface area contributed by atoms with Crippen LogP contribution in [-0.4, -0.2) is 41.1 Å². The third-order valence-corrected chi connectivity index (χ3v) is 3.54. The SMILES string of the molecule is CCCC1(O)CN(CC(=O)Nc2ccccc2C)C1. The second-order valence-corrected chi connectivity index (χ2v) is 5.48. The Morgan fingerprint density at radius 2 is 2.11 bits per heavy atom. The van der Waals surface area contributed by atoms with E-state index in [4.69, 9.17) is 0 Å². The quantitative estimate of drug-likeness (QED) is 0.850. The van der Waals surface area contributed by atoms with E-state index < -0.39 is 5.60 Å². The summed E-state index contributed by atoms with van der Waals surface area (Å²) in [4.78, 5) is 13.9. The van der Waals surface area contributed by atoms with Crippen LogP contribution in [0.4, 0.5) is 5.69 Å². The van der Waals surface area contributed by atoms with Crippen molar-refractivity contribution in [3.05, 3.63) is 29.8 Å². The van der Waals surface area contributed by atoms with Gasteiger partial charge in [0, 0.05) is 18.8 Å². The number of nitrogens with zero attached hydrogens (tertiary/aromatic N) is 1. The highest BCUT2D eigenvalue weighted by Gasteiger charge is 2.40. The number of β-amino-alcohol motifs (C(OH)–C–C–N with tert-alkyl or cyclic N) is 1. The zero-order chi connectivity index (χ0) is 13.9. The Labute approximate surface area is 114 Å². The smallest absolute Gasteiger partial charge is 0.238 e. The fourth-order valence-electron chi connectivity index (χ4n) is 2.63. The molecule has 1 heterocycles. The summed E-state index contributed by atoms with van der Waals surface area (Å²) in [5.74, 6) is -0.0205. The molecule has 1 amide bonds. The van der Waals surface area contributed by atoms with E-state index in [1.54, 1.807) is 0 Å². The first kappa shape index (κ1) is 14.0. The highest BCUT2D eigenvalue weighted by molar-refractivity contribution is 5.93. The predicted octanol–water partition coefficient (Wildman–Crippen LogP) is 1.78. The normalized spacial score (nSPS) is 17.8. The maximum Gasteiger partial charge on any atom is 0.238 e. The zero-order valence-corrected chi connectivity index (χ0v) is 11.6. The minimum atomic E-state index is -0.572. The first-order valence-corrected chi connectivity index (χ1v) is 6.83. The molecule has 0 aromatic heterocycles. The number of hydrogen-bond donors (Lipinski definition) is 2. The van der Waals surface area contributed by atoms with Crippen molar-refractivity contribution in [3.63, 3.8) is 0 Å². The van der Waals surface area contributed by atoms with Crippen LogP contribution in [0.1, 0.15) is 25.3 Å². The van der Waals surface area contributed by atoms with Gasteiger partial charge in [-0.2, -0.15) is 0 Å². The molecule has 2 N–H and O–H groups in total. The van der Waals surface area contributed by atoms with E-state index in [0.29, 0.717) is 19.6 Å². The highest BCUT2D eigenvalue weighted by Crippen LogP contribution is 2.25. The van der Waals surface area contributed by atoms with Crippen molar-refractivity contribution in [2.24, 2.45) is 0 Å². The number of carbonyl (C=O) groups is 1. The van der Waals surface area contributed by atoms with Gasteiger partial charge >= 0.3 is 0 Å². The average Bonchev–Trinajstić information content (AvgIpc) is 2.30. The standard InChI is InChI=1S/C15H22N2O2/c1-3-8-15(19)10-17(11-15)9-14(18)16-13-7-5-4-6-12(13)2/h4-7,19H,3,8-11H2,1-2H3,(H,16,18). The largest absolute Gasteiger partial charge is 0.387 e. The number of amides is 1. The number of rotatable bonds is 5. The molecule has 0 bridgehead atoms. The molecule has 1 aliphatic heterocycles. The molecule has 0 unspecified atom stereocenters. The Morgan fingerprint density at radius 1 is 1.42 bits per heavy atom. The van der Waals surface area contributed by atoms with Crippen LogP contribution in [0.15, 0.2) is 24.3 Å². The third-order valence-electron chi connectivity index (χ3n) is 3.54. The zero-order valence-electron chi connectivity index (χ0n) is 11.6. The van der Waals surface area contributed by atoms with Gasteiger partial charge in [-0.15, -0.1) is 0 Å². The van der Waals surface area contributed by atoms with Crippen LogP contribution >= 0.6 is 0 Å².